The molecule has 1 saturated carbocycles. The van der Waals surface area contributed by atoms with Crippen LogP contribution in [0.4, 0.5) is 16.4 Å². The van der Waals surface area contributed by atoms with Crippen LogP contribution in [0.5, 0.6) is 0 Å². The van der Waals surface area contributed by atoms with Crippen LogP contribution < -0.4 is 5.32 Å². The standard InChI is InChI=1S/C23H34N8O3/c1-23(2,3)30(22(33)34)13-16-4-6-17(7-5-16)14-31-20-18(11-26-31)10-24-21(28-20)27-19-12-25-29(15-19)8-9-32/h10-12,15-17,32H,4-9,13-14H2,1-3H3,(H,33,34)(H,24,27,28)/t16-,17-. The van der Waals surface area contributed by atoms with Crippen molar-refractivity contribution in [2.45, 2.75) is 65.1 Å². The topological polar surface area (TPSA) is 134 Å². The molecule has 3 N–H and O–H groups in total. The average Bonchev–Trinajstić information content (AvgIpc) is 3.39. The number of anilines is 2. The first-order chi connectivity index (χ1) is 16.2. The van der Waals surface area contributed by atoms with E-state index in [4.69, 9.17) is 5.11 Å². The van der Waals surface area contributed by atoms with E-state index in [1.165, 1.54) is 0 Å². The number of fused-ring (bicyclic) bond motifs is 1. The second kappa shape index (κ2) is 9.96. The normalized spacial score (nSPS) is 18.8. The van der Waals surface area contributed by atoms with Crippen LogP contribution in [0.2, 0.25) is 0 Å². The molecule has 1 amide bonds. The van der Waals surface area contributed by atoms with Crippen LogP contribution in [0.3, 0.4) is 0 Å². The Morgan fingerprint density at radius 1 is 1.15 bits per heavy atom. The largest absolute Gasteiger partial charge is 0.465 e. The number of rotatable bonds is 8. The third-order valence-electron chi connectivity index (χ3n) is 6.47. The molecule has 4 rings (SSSR count). The van der Waals surface area contributed by atoms with Crippen molar-refractivity contribution in [2.75, 3.05) is 18.5 Å². The van der Waals surface area contributed by atoms with E-state index in [0.29, 0.717) is 30.9 Å². The van der Waals surface area contributed by atoms with Crippen molar-refractivity contribution in [2.24, 2.45) is 11.8 Å². The van der Waals surface area contributed by atoms with Crippen LogP contribution in [0.25, 0.3) is 11.0 Å². The lowest BCUT2D eigenvalue weighted by Gasteiger charge is -2.38. The summed E-state index contributed by atoms with van der Waals surface area (Å²) in [5, 5.41) is 31.4. The van der Waals surface area contributed by atoms with Gasteiger partial charge < -0.3 is 20.4 Å². The number of nitrogens with zero attached hydrogens (tertiary/aromatic N) is 7. The summed E-state index contributed by atoms with van der Waals surface area (Å²) in [7, 11) is 0. The minimum absolute atomic E-state index is 0.0269. The number of carbonyl (C=O) groups is 1. The first-order valence-corrected chi connectivity index (χ1v) is 11.8. The van der Waals surface area contributed by atoms with Gasteiger partial charge in [0.25, 0.3) is 0 Å². The number of aliphatic hydroxyl groups is 1. The van der Waals surface area contributed by atoms with Gasteiger partial charge in [-0.15, -0.1) is 0 Å². The molecule has 0 saturated heterocycles. The molecule has 0 bridgehead atoms. The van der Waals surface area contributed by atoms with Gasteiger partial charge in [-0.1, -0.05) is 0 Å². The number of aromatic nitrogens is 6. The van der Waals surface area contributed by atoms with Gasteiger partial charge in [-0.25, -0.2) is 14.5 Å². The van der Waals surface area contributed by atoms with Gasteiger partial charge in [0.05, 0.1) is 36.6 Å². The van der Waals surface area contributed by atoms with Crippen LogP contribution in [-0.4, -0.2) is 69.4 Å². The van der Waals surface area contributed by atoms with Crippen LogP contribution >= 0.6 is 0 Å². The first kappa shape index (κ1) is 23.9. The van der Waals surface area contributed by atoms with Gasteiger partial charge in [-0.3, -0.25) is 4.68 Å². The maximum absolute atomic E-state index is 11.7. The summed E-state index contributed by atoms with van der Waals surface area (Å²) in [5.74, 6) is 1.35. The minimum atomic E-state index is -0.845. The highest BCUT2D eigenvalue weighted by molar-refractivity contribution is 5.75. The average molecular weight is 471 g/mol. The Kier molecular flexibility index (Phi) is 7.01. The fraction of sp³-hybridized carbons (Fsp3) is 0.609. The van der Waals surface area contributed by atoms with Crippen molar-refractivity contribution in [1.82, 2.24) is 34.4 Å². The van der Waals surface area contributed by atoms with Gasteiger partial charge >= 0.3 is 6.09 Å². The number of aliphatic hydroxyl groups excluding tert-OH is 1. The quantitative estimate of drug-likeness (QED) is 0.456. The van der Waals surface area contributed by atoms with E-state index in [1.807, 2.05) is 25.5 Å². The number of nitrogens with one attached hydrogen (secondary N) is 1. The summed E-state index contributed by atoms with van der Waals surface area (Å²) < 4.78 is 3.60. The van der Waals surface area contributed by atoms with Crippen molar-refractivity contribution >= 4 is 28.8 Å². The molecule has 34 heavy (non-hydrogen) atoms. The zero-order valence-electron chi connectivity index (χ0n) is 20.1. The smallest absolute Gasteiger partial charge is 0.407 e. The van der Waals surface area contributed by atoms with Crippen LogP contribution in [-0.2, 0) is 13.1 Å². The van der Waals surface area contributed by atoms with E-state index in [9.17, 15) is 9.90 Å². The molecule has 1 aliphatic carbocycles. The monoisotopic (exact) mass is 470 g/mol. The summed E-state index contributed by atoms with van der Waals surface area (Å²) in [6.07, 6.45) is 10.3. The third kappa shape index (κ3) is 5.64. The van der Waals surface area contributed by atoms with Gasteiger partial charge in [0.1, 0.15) is 0 Å². The van der Waals surface area contributed by atoms with E-state index >= 15 is 0 Å². The maximum Gasteiger partial charge on any atom is 0.407 e. The second-order valence-corrected chi connectivity index (χ2v) is 10.1. The lowest BCUT2D eigenvalue weighted by molar-refractivity contribution is 0.0789. The highest BCUT2D eigenvalue weighted by atomic mass is 16.4. The molecule has 1 aliphatic rings. The fourth-order valence-electron chi connectivity index (χ4n) is 4.58. The Hall–Kier alpha value is -3.21. The lowest BCUT2D eigenvalue weighted by atomic mass is 9.81. The number of hydrogen-bond donors (Lipinski definition) is 3. The summed E-state index contributed by atoms with van der Waals surface area (Å²) >= 11 is 0. The van der Waals surface area contributed by atoms with Gasteiger partial charge in [-0.05, 0) is 58.3 Å². The Morgan fingerprint density at radius 2 is 1.88 bits per heavy atom. The van der Waals surface area contributed by atoms with Gasteiger partial charge in [0, 0.05) is 31.0 Å². The molecular formula is C23H34N8O3. The molecule has 0 aliphatic heterocycles. The molecule has 11 nitrogen and oxygen atoms in total. The van der Waals surface area contributed by atoms with E-state index in [0.717, 1.165) is 48.9 Å². The zero-order chi connectivity index (χ0) is 24.3. The molecule has 3 heterocycles. The van der Waals surface area contributed by atoms with E-state index in [1.54, 1.807) is 34.4 Å². The molecule has 0 radical (unpaired) electrons. The summed E-state index contributed by atoms with van der Waals surface area (Å²) in [6, 6.07) is 0. The molecule has 184 valence electrons. The molecule has 0 unspecified atom stereocenters. The molecule has 0 spiro atoms. The Balaban J connectivity index is 1.37. The highest BCUT2D eigenvalue weighted by Gasteiger charge is 2.31. The Morgan fingerprint density at radius 3 is 2.56 bits per heavy atom. The molecule has 1 fully saturated rings. The Labute approximate surface area is 198 Å². The van der Waals surface area contributed by atoms with Crippen molar-refractivity contribution in [3.8, 4) is 0 Å². The van der Waals surface area contributed by atoms with Crippen LogP contribution in [0.15, 0.2) is 24.8 Å². The van der Waals surface area contributed by atoms with Crippen molar-refractivity contribution < 1.29 is 15.0 Å². The van der Waals surface area contributed by atoms with Gasteiger partial charge in [0.15, 0.2) is 5.65 Å². The number of hydrogen-bond acceptors (Lipinski definition) is 7. The Bertz CT molecular complexity index is 1110. The lowest BCUT2D eigenvalue weighted by Crippen LogP contribution is -2.47. The van der Waals surface area contributed by atoms with Crippen LogP contribution in [0, 0.1) is 11.8 Å². The predicted octanol–water partition coefficient (Wildman–Crippen LogP) is 3.34. The summed E-state index contributed by atoms with van der Waals surface area (Å²) in [6.45, 7) is 7.67. The summed E-state index contributed by atoms with van der Waals surface area (Å²) in [5.41, 5.74) is 1.15. The molecule has 0 atom stereocenters. The van der Waals surface area contributed by atoms with E-state index in [-0.39, 0.29) is 12.1 Å². The predicted molar refractivity (Wildman–Crippen MR) is 128 cm³/mol. The molecule has 3 aromatic heterocycles. The summed E-state index contributed by atoms with van der Waals surface area (Å²) in [4.78, 5) is 22.3. The molecule has 0 aromatic carbocycles. The van der Waals surface area contributed by atoms with Crippen molar-refractivity contribution in [3.63, 3.8) is 0 Å². The van der Waals surface area contributed by atoms with E-state index < -0.39 is 6.09 Å². The third-order valence-corrected chi connectivity index (χ3v) is 6.47. The molecule has 11 heteroatoms. The van der Waals surface area contributed by atoms with Gasteiger partial charge in [0.2, 0.25) is 5.95 Å². The van der Waals surface area contributed by atoms with Crippen molar-refractivity contribution in [3.05, 3.63) is 24.8 Å². The minimum Gasteiger partial charge on any atom is -0.465 e. The fourth-order valence-corrected chi connectivity index (χ4v) is 4.58. The van der Waals surface area contributed by atoms with E-state index in [2.05, 4.69) is 25.5 Å². The number of carboxylic acid groups (broad SMARTS) is 1. The molecular weight excluding hydrogens is 436 g/mol. The van der Waals surface area contributed by atoms with Crippen molar-refractivity contribution in [1.29, 1.82) is 0 Å². The van der Waals surface area contributed by atoms with Crippen LogP contribution in [0.1, 0.15) is 46.5 Å². The highest BCUT2D eigenvalue weighted by Crippen LogP contribution is 2.32. The maximum atomic E-state index is 11.7. The number of amides is 1. The second-order valence-electron chi connectivity index (χ2n) is 10.1. The zero-order valence-corrected chi connectivity index (χ0v) is 20.1. The SMILES string of the molecule is CC(C)(C)N(C[C@H]1CC[C@H](Cn2ncc3cnc(Nc4cnn(CCO)c4)nc32)CC1)C(=O)O. The van der Waals surface area contributed by atoms with Gasteiger partial charge in [-0.2, -0.15) is 15.2 Å². The molecule has 3 aromatic rings. The first-order valence-electron chi connectivity index (χ1n) is 11.8.